The predicted molar refractivity (Wildman–Crippen MR) is 129 cm³/mol. The number of methoxy groups -OCH3 is 1. The van der Waals surface area contributed by atoms with E-state index in [0.29, 0.717) is 12.6 Å². The predicted octanol–water partition coefficient (Wildman–Crippen LogP) is 3.73. The molecule has 4 rings (SSSR count). The van der Waals surface area contributed by atoms with Crippen molar-refractivity contribution in [1.82, 2.24) is 15.5 Å². The monoisotopic (exact) mass is 435 g/mol. The summed E-state index contributed by atoms with van der Waals surface area (Å²) >= 11 is 0. The molecule has 1 saturated heterocycles. The average Bonchev–Trinajstić information content (AvgIpc) is 3.48. The van der Waals surface area contributed by atoms with Crippen molar-refractivity contribution in [1.29, 1.82) is 0 Å². The van der Waals surface area contributed by atoms with Gasteiger partial charge in [-0.3, -0.25) is 4.79 Å². The number of nitrogens with one attached hydrogen (secondary N) is 2. The number of benzene rings is 2. The third-order valence-electron chi connectivity index (χ3n) is 7.07. The minimum absolute atomic E-state index is 0.00155. The lowest BCUT2D eigenvalue weighted by Crippen LogP contribution is -2.35. The number of nitrogens with zero attached hydrogens (tertiary/aromatic N) is 1. The third kappa shape index (κ3) is 5.90. The number of hydrogen-bond donors (Lipinski definition) is 2. The lowest BCUT2D eigenvalue weighted by atomic mass is 9.88. The molecule has 2 aromatic carbocycles. The van der Waals surface area contributed by atoms with Gasteiger partial charge in [0, 0.05) is 38.1 Å². The van der Waals surface area contributed by atoms with Gasteiger partial charge in [0.25, 0.3) is 0 Å². The van der Waals surface area contributed by atoms with E-state index >= 15 is 0 Å². The van der Waals surface area contributed by atoms with Gasteiger partial charge in [0.1, 0.15) is 5.75 Å². The Morgan fingerprint density at radius 1 is 1.00 bits per heavy atom. The van der Waals surface area contributed by atoms with Crippen molar-refractivity contribution >= 4 is 5.91 Å². The highest BCUT2D eigenvalue weighted by molar-refractivity contribution is 5.80. The molecule has 2 fully saturated rings. The molecule has 0 unspecified atom stereocenters. The van der Waals surface area contributed by atoms with Crippen LogP contribution in [0.1, 0.15) is 48.3 Å². The second-order valence-electron chi connectivity index (χ2n) is 9.43. The van der Waals surface area contributed by atoms with Crippen LogP contribution in [0.2, 0.25) is 0 Å². The highest BCUT2D eigenvalue weighted by Gasteiger charge is 2.36. The summed E-state index contributed by atoms with van der Waals surface area (Å²) in [6.07, 6.45) is 6.15. The van der Waals surface area contributed by atoms with Crippen molar-refractivity contribution in [2.75, 3.05) is 33.8 Å². The molecule has 0 radical (unpaired) electrons. The maximum atomic E-state index is 13.0. The molecule has 2 N–H and O–H groups in total. The molecular formula is C27H37N3O2. The molecule has 1 saturated carbocycles. The van der Waals surface area contributed by atoms with Crippen molar-refractivity contribution in [3.63, 3.8) is 0 Å². The number of likely N-dealkylation sites (N-methyl/N-ethyl adjacent to an activating group) is 1. The maximum Gasteiger partial charge on any atom is 0.225 e. The van der Waals surface area contributed by atoms with Crippen molar-refractivity contribution in [3.8, 4) is 5.75 Å². The number of rotatable bonds is 9. The van der Waals surface area contributed by atoms with E-state index in [2.05, 4.69) is 59.0 Å². The van der Waals surface area contributed by atoms with E-state index in [1.165, 1.54) is 42.4 Å². The average molecular weight is 436 g/mol. The molecule has 1 heterocycles. The Hall–Kier alpha value is -2.37. The molecule has 2 aliphatic rings. The Balaban J connectivity index is 1.30. The molecule has 5 heteroatoms. The van der Waals surface area contributed by atoms with Crippen LogP contribution < -0.4 is 15.4 Å². The largest absolute Gasteiger partial charge is 0.497 e. The van der Waals surface area contributed by atoms with E-state index in [1.54, 1.807) is 7.11 Å². The van der Waals surface area contributed by atoms with Gasteiger partial charge in [0.15, 0.2) is 0 Å². The fraction of sp³-hybridized carbons (Fsp3) is 0.519. The quantitative estimate of drug-likeness (QED) is 0.630. The summed E-state index contributed by atoms with van der Waals surface area (Å²) in [6.45, 7) is 3.33. The standard InChI is InChI=1S/C27H37N3O2/c1-30-18-25(22-11-7-21(8-12-22)17-29-23-5-3-4-6-23)26(19-30)27(31)28-16-15-20-9-13-24(32-2)14-10-20/h7-14,23,25-26,29H,3-6,15-19H2,1-2H3,(H,28,31)/t25-,26-/m1/s1. The Bertz CT molecular complexity index is 859. The van der Waals surface area contributed by atoms with E-state index in [9.17, 15) is 4.79 Å². The van der Waals surface area contributed by atoms with Crippen LogP contribution in [0.15, 0.2) is 48.5 Å². The fourth-order valence-corrected chi connectivity index (χ4v) is 5.13. The van der Waals surface area contributed by atoms with Crippen molar-refractivity contribution < 1.29 is 9.53 Å². The summed E-state index contributed by atoms with van der Waals surface area (Å²) in [5.74, 6) is 1.27. The summed E-state index contributed by atoms with van der Waals surface area (Å²) in [4.78, 5) is 15.3. The maximum absolute atomic E-state index is 13.0. The van der Waals surface area contributed by atoms with Crippen molar-refractivity contribution in [3.05, 3.63) is 65.2 Å². The molecule has 1 amide bonds. The number of amides is 1. The number of carbonyl (C=O) groups is 1. The molecule has 1 aliphatic heterocycles. The van der Waals surface area contributed by atoms with E-state index < -0.39 is 0 Å². The number of likely N-dealkylation sites (tertiary alicyclic amines) is 1. The van der Waals surface area contributed by atoms with Crippen LogP contribution in [-0.2, 0) is 17.8 Å². The Morgan fingerprint density at radius 3 is 2.38 bits per heavy atom. The first-order valence-electron chi connectivity index (χ1n) is 12.0. The first kappa shape index (κ1) is 22.8. The summed E-state index contributed by atoms with van der Waals surface area (Å²) in [5, 5.41) is 6.86. The van der Waals surface area contributed by atoms with Gasteiger partial charge in [0.2, 0.25) is 5.91 Å². The molecule has 2 aromatic rings. The van der Waals surface area contributed by atoms with Gasteiger partial charge in [-0.25, -0.2) is 0 Å². The second-order valence-corrected chi connectivity index (χ2v) is 9.43. The molecule has 172 valence electrons. The molecule has 5 nitrogen and oxygen atoms in total. The van der Waals surface area contributed by atoms with Crippen LogP contribution in [0.4, 0.5) is 0 Å². The molecule has 0 aromatic heterocycles. The van der Waals surface area contributed by atoms with Crippen LogP contribution in [0.3, 0.4) is 0 Å². The van der Waals surface area contributed by atoms with Gasteiger partial charge in [-0.2, -0.15) is 0 Å². The van der Waals surface area contributed by atoms with Crippen LogP contribution >= 0.6 is 0 Å². The van der Waals surface area contributed by atoms with Crippen LogP contribution in [0.5, 0.6) is 5.75 Å². The normalized spacial score (nSPS) is 21.7. The van der Waals surface area contributed by atoms with Gasteiger partial charge in [0.05, 0.1) is 13.0 Å². The Kier molecular flexibility index (Phi) is 7.82. The van der Waals surface area contributed by atoms with Gasteiger partial charge in [-0.15, -0.1) is 0 Å². The summed E-state index contributed by atoms with van der Waals surface area (Å²) in [7, 11) is 3.78. The van der Waals surface area contributed by atoms with Gasteiger partial charge in [-0.1, -0.05) is 49.2 Å². The van der Waals surface area contributed by atoms with Gasteiger partial charge >= 0.3 is 0 Å². The molecule has 32 heavy (non-hydrogen) atoms. The highest BCUT2D eigenvalue weighted by Crippen LogP contribution is 2.32. The van der Waals surface area contributed by atoms with E-state index in [4.69, 9.17) is 4.74 Å². The van der Waals surface area contributed by atoms with E-state index in [1.807, 2.05) is 12.1 Å². The Labute approximate surface area is 192 Å². The highest BCUT2D eigenvalue weighted by atomic mass is 16.5. The van der Waals surface area contributed by atoms with Crippen LogP contribution in [0, 0.1) is 5.92 Å². The van der Waals surface area contributed by atoms with Crippen molar-refractivity contribution in [2.45, 2.75) is 50.6 Å². The number of ether oxygens (including phenoxy) is 1. The summed E-state index contributed by atoms with van der Waals surface area (Å²) in [5.41, 5.74) is 3.80. The van der Waals surface area contributed by atoms with Gasteiger partial charge < -0.3 is 20.3 Å². The topological polar surface area (TPSA) is 53.6 Å². The molecule has 1 aliphatic carbocycles. The van der Waals surface area contributed by atoms with Gasteiger partial charge in [-0.05, 0) is 55.1 Å². The lowest BCUT2D eigenvalue weighted by molar-refractivity contribution is -0.124. The zero-order valence-corrected chi connectivity index (χ0v) is 19.5. The lowest BCUT2D eigenvalue weighted by Gasteiger charge is -2.19. The smallest absolute Gasteiger partial charge is 0.225 e. The Morgan fingerprint density at radius 2 is 1.69 bits per heavy atom. The molecular weight excluding hydrogens is 398 g/mol. The van der Waals surface area contributed by atoms with Crippen LogP contribution in [-0.4, -0.2) is 50.6 Å². The van der Waals surface area contributed by atoms with Crippen molar-refractivity contribution in [2.24, 2.45) is 5.92 Å². The first-order valence-corrected chi connectivity index (χ1v) is 12.0. The van der Waals surface area contributed by atoms with Crippen LogP contribution in [0.25, 0.3) is 0 Å². The third-order valence-corrected chi connectivity index (χ3v) is 7.07. The first-order chi connectivity index (χ1) is 15.6. The number of hydrogen-bond acceptors (Lipinski definition) is 4. The number of carbonyl (C=O) groups excluding carboxylic acids is 1. The zero-order valence-electron chi connectivity index (χ0n) is 19.5. The fourth-order valence-electron chi connectivity index (χ4n) is 5.13. The summed E-state index contributed by atoms with van der Waals surface area (Å²) in [6, 6.07) is 17.6. The second kappa shape index (κ2) is 11.0. The zero-order chi connectivity index (χ0) is 22.3. The minimum atomic E-state index is -0.00155. The summed E-state index contributed by atoms with van der Waals surface area (Å²) < 4.78 is 5.21. The van der Waals surface area contributed by atoms with E-state index in [0.717, 1.165) is 31.8 Å². The SMILES string of the molecule is COc1ccc(CCNC(=O)[C@@H]2CN(C)C[C@@H]2c2ccc(CNC3CCCC3)cc2)cc1. The molecule has 2 atom stereocenters. The molecule has 0 bridgehead atoms. The van der Waals surface area contributed by atoms with E-state index in [-0.39, 0.29) is 17.7 Å². The molecule has 0 spiro atoms. The minimum Gasteiger partial charge on any atom is -0.497 e.